The number of thioether (sulfide) groups is 1. The largest absolute Gasteiger partial charge is 0.321 e. The molecule has 0 spiro atoms. The van der Waals surface area contributed by atoms with Gasteiger partial charge in [-0.1, -0.05) is 109 Å². The first-order valence-corrected chi connectivity index (χ1v) is 18.2. The Morgan fingerprint density at radius 2 is 1.48 bits per heavy atom. The average molecular weight is 719 g/mol. The fourth-order valence-electron chi connectivity index (χ4n) is 5.41. The number of rotatable bonds is 11. The highest BCUT2D eigenvalue weighted by Crippen LogP contribution is 2.40. The van der Waals surface area contributed by atoms with E-state index >= 15 is 0 Å². The molecule has 0 fully saturated rings. The molecule has 7 nitrogen and oxygen atoms in total. The van der Waals surface area contributed by atoms with Crippen LogP contribution in [0.15, 0.2) is 149 Å². The number of nitrogens with one attached hydrogen (secondary N) is 3. The molecule has 0 aliphatic heterocycles. The zero-order chi connectivity index (χ0) is 36.5. The Kier molecular flexibility index (Phi) is 11.4. The van der Waals surface area contributed by atoms with Gasteiger partial charge in [0, 0.05) is 27.1 Å². The van der Waals surface area contributed by atoms with Crippen LogP contribution < -0.4 is 16.0 Å². The molecule has 0 bridgehead atoms. The predicted octanol–water partition coefficient (Wildman–Crippen LogP) is 9.79. The molecule has 9 heteroatoms. The number of nitrogens with zero attached hydrogens (tertiary/aromatic N) is 1. The lowest BCUT2D eigenvalue weighted by molar-refractivity contribution is -0.116. The van der Waals surface area contributed by atoms with Crippen molar-refractivity contribution < 1.29 is 14.4 Å². The quantitative estimate of drug-likeness (QED) is 0.0913. The molecule has 52 heavy (non-hydrogen) atoms. The molecular formula is C43H34N4O3S2. The van der Waals surface area contributed by atoms with Gasteiger partial charge in [-0.05, 0) is 72.5 Å². The van der Waals surface area contributed by atoms with E-state index in [-0.39, 0.29) is 11.6 Å². The summed E-state index contributed by atoms with van der Waals surface area (Å²) in [7, 11) is 0. The van der Waals surface area contributed by atoms with Crippen molar-refractivity contribution in [2.45, 2.75) is 24.0 Å². The molecule has 1 atom stereocenters. The molecule has 3 N–H and O–H groups in total. The van der Waals surface area contributed by atoms with Crippen molar-refractivity contribution in [2.75, 3.05) is 10.6 Å². The fraction of sp³-hybridized carbons (Fsp3) is 0.0698. The Bertz CT molecular complexity index is 2290. The molecule has 256 valence electrons. The summed E-state index contributed by atoms with van der Waals surface area (Å²) < 4.78 is 0. The van der Waals surface area contributed by atoms with Gasteiger partial charge < -0.3 is 16.0 Å². The van der Waals surface area contributed by atoms with Gasteiger partial charge in [0.05, 0.1) is 5.56 Å². The van der Waals surface area contributed by atoms with Gasteiger partial charge in [0.1, 0.15) is 22.0 Å². The first kappa shape index (κ1) is 35.6. The number of hydrogen-bond donors (Lipinski definition) is 3. The van der Waals surface area contributed by atoms with E-state index < -0.39 is 17.1 Å². The van der Waals surface area contributed by atoms with Gasteiger partial charge in [-0.15, -0.1) is 23.1 Å². The van der Waals surface area contributed by atoms with Gasteiger partial charge in [0.25, 0.3) is 11.8 Å². The van der Waals surface area contributed by atoms with Crippen LogP contribution in [0.25, 0.3) is 17.2 Å². The van der Waals surface area contributed by atoms with E-state index in [4.69, 9.17) is 0 Å². The van der Waals surface area contributed by atoms with Gasteiger partial charge in [-0.2, -0.15) is 5.26 Å². The SMILES string of the molecule is Cc1ccc(-c2csc(NC(=O)C(Sc3cccc(NC(=O)/C(=C/c4ccccc4C)NC(=O)c4ccccc4)c3)c3ccccc3)c2C#N)cc1. The molecule has 5 aromatic carbocycles. The number of anilines is 2. The maximum atomic E-state index is 14.0. The first-order valence-electron chi connectivity index (χ1n) is 16.5. The topological polar surface area (TPSA) is 111 Å². The van der Waals surface area contributed by atoms with E-state index in [1.165, 1.54) is 23.1 Å². The molecule has 0 aliphatic rings. The van der Waals surface area contributed by atoms with Gasteiger partial charge in [0.2, 0.25) is 5.91 Å². The minimum absolute atomic E-state index is 0.0806. The number of aryl methyl sites for hydroxylation is 2. The summed E-state index contributed by atoms with van der Waals surface area (Å²) in [6.45, 7) is 3.94. The molecule has 0 radical (unpaired) electrons. The third-order valence-electron chi connectivity index (χ3n) is 8.21. The highest BCUT2D eigenvalue weighted by Gasteiger charge is 2.25. The predicted molar refractivity (Wildman–Crippen MR) is 211 cm³/mol. The third-order valence-corrected chi connectivity index (χ3v) is 10.3. The van der Waals surface area contributed by atoms with Crippen LogP contribution in [0.3, 0.4) is 0 Å². The van der Waals surface area contributed by atoms with Crippen LogP contribution in [-0.4, -0.2) is 17.7 Å². The second kappa shape index (κ2) is 16.7. The van der Waals surface area contributed by atoms with Crippen molar-refractivity contribution in [3.8, 4) is 17.2 Å². The van der Waals surface area contributed by atoms with Crippen molar-refractivity contribution in [2.24, 2.45) is 0 Å². The molecule has 6 rings (SSSR count). The molecule has 1 aromatic heterocycles. The molecule has 0 saturated carbocycles. The second-order valence-electron chi connectivity index (χ2n) is 11.9. The number of carbonyl (C=O) groups excluding carboxylic acids is 3. The molecule has 6 aromatic rings. The van der Waals surface area contributed by atoms with E-state index in [2.05, 4.69) is 22.0 Å². The Hall–Kier alpha value is -6.21. The highest BCUT2D eigenvalue weighted by atomic mass is 32.2. The van der Waals surface area contributed by atoms with Crippen LogP contribution in [0.4, 0.5) is 10.7 Å². The summed E-state index contributed by atoms with van der Waals surface area (Å²) in [6.07, 6.45) is 1.66. The summed E-state index contributed by atoms with van der Waals surface area (Å²) in [5, 5.41) is 20.5. The smallest absolute Gasteiger partial charge is 0.272 e. The van der Waals surface area contributed by atoms with Gasteiger partial charge in [-0.25, -0.2) is 0 Å². The Morgan fingerprint density at radius 1 is 0.788 bits per heavy atom. The van der Waals surface area contributed by atoms with Crippen molar-refractivity contribution in [1.29, 1.82) is 5.26 Å². The van der Waals surface area contributed by atoms with Crippen LogP contribution in [0.2, 0.25) is 0 Å². The fourth-order valence-corrected chi connectivity index (χ4v) is 7.42. The molecule has 0 aliphatic carbocycles. The van der Waals surface area contributed by atoms with Gasteiger partial charge in [-0.3, -0.25) is 14.4 Å². The summed E-state index contributed by atoms with van der Waals surface area (Å²) in [5.74, 6) is -1.20. The van der Waals surface area contributed by atoms with Crippen LogP contribution in [0, 0.1) is 25.2 Å². The standard InChI is InChI=1S/C43H34N4O3S2/c1-28-20-22-30(23-21-28)37-27-51-43(36(37)26-44)47-42(50)39(31-13-5-3-6-14-31)52-35-19-11-18-34(25-35)45-41(49)38(24-33-17-10-9-12-29(33)2)46-40(48)32-15-7-4-8-16-32/h3-25,27,39H,1-2H3,(H,45,49)(H,46,48)(H,47,50)/b38-24-. The third kappa shape index (κ3) is 8.74. The molecular weight excluding hydrogens is 685 g/mol. The molecule has 1 unspecified atom stereocenters. The minimum atomic E-state index is -0.676. The van der Waals surface area contributed by atoms with Crippen LogP contribution in [-0.2, 0) is 9.59 Å². The van der Waals surface area contributed by atoms with Crippen molar-refractivity contribution in [3.05, 3.63) is 178 Å². The van der Waals surface area contributed by atoms with E-state index in [9.17, 15) is 19.6 Å². The maximum Gasteiger partial charge on any atom is 0.272 e. The summed E-state index contributed by atoms with van der Waals surface area (Å²) in [4.78, 5) is 41.6. The molecule has 1 heterocycles. The Morgan fingerprint density at radius 3 is 2.19 bits per heavy atom. The zero-order valence-corrected chi connectivity index (χ0v) is 30.1. The summed E-state index contributed by atoms with van der Waals surface area (Å²) in [5.41, 5.74) is 6.71. The van der Waals surface area contributed by atoms with Crippen molar-refractivity contribution >= 4 is 57.6 Å². The molecule has 0 saturated heterocycles. The number of carbonyl (C=O) groups is 3. The van der Waals surface area contributed by atoms with E-state index in [0.29, 0.717) is 21.8 Å². The second-order valence-corrected chi connectivity index (χ2v) is 14.0. The van der Waals surface area contributed by atoms with E-state index in [1.807, 2.05) is 110 Å². The van der Waals surface area contributed by atoms with Gasteiger partial charge >= 0.3 is 0 Å². The summed E-state index contributed by atoms with van der Waals surface area (Å²) in [6, 6.07) is 43.1. The lowest BCUT2D eigenvalue weighted by Gasteiger charge is -2.18. The average Bonchev–Trinajstić information content (AvgIpc) is 3.57. The highest BCUT2D eigenvalue weighted by molar-refractivity contribution is 8.00. The van der Waals surface area contributed by atoms with Crippen LogP contribution in [0.1, 0.15) is 43.4 Å². The minimum Gasteiger partial charge on any atom is -0.321 e. The lowest BCUT2D eigenvalue weighted by Crippen LogP contribution is -2.30. The monoisotopic (exact) mass is 718 g/mol. The van der Waals surface area contributed by atoms with Crippen LogP contribution in [0.5, 0.6) is 0 Å². The number of amides is 3. The van der Waals surface area contributed by atoms with E-state index in [1.54, 1.807) is 48.5 Å². The lowest BCUT2D eigenvalue weighted by atomic mass is 10.0. The number of benzene rings is 5. The number of nitriles is 1. The van der Waals surface area contributed by atoms with Crippen LogP contribution >= 0.6 is 23.1 Å². The van der Waals surface area contributed by atoms with Crippen molar-refractivity contribution in [3.63, 3.8) is 0 Å². The normalized spacial score (nSPS) is 11.6. The first-order chi connectivity index (χ1) is 25.3. The Labute approximate surface area is 311 Å². The van der Waals surface area contributed by atoms with Gasteiger partial charge in [0.15, 0.2) is 0 Å². The maximum absolute atomic E-state index is 14.0. The number of thiophene rings is 1. The number of hydrogen-bond acceptors (Lipinski definition) is 6. The zero-order valence-electron chi connectivity index (χ0n) is 28.4. The van der Waals surface area contributed by atoms with Crippen molar-refractivity contribution in [1.82, 2.24) is 5.32 Å². The van der Waals surface area contributed by atoms with E-state index in [0.717, 1.165) is 38.3 Å². The molecule has 3 amide bonds. The summed E-state index contributed by atoms with van der Waals surface area (Å²) >= 11 is 2.64. The Balaban J connectivity index is 1.24.